The van der Waals surface area contributed by atoms with Crippen LogP contribution in [0.4, 0.5) is 0 Å². The minimum atomic E-state index is -0.194. The normalized spacial score (nSPS) is 12.4. The van der Waals surface area contributed by atoms with Gasteiger partial charge >= 0.3 is 5.97 Å². The Morgan fingerprint density at radius 2 is 2.35 bits per heavy atom. The summed E-state index contributed by atoms with van der Waals surface area (Å²) >= 11 is 5.09. The molecule has 1 atom stereocenters. The molecule has 5 heteroatoms. The quantitative estimate of drug-likeness (QED) is 0.783. The summed E-state index contributed by atoms with van der Waals surface area (Å²) in [7, 11) is 0. The van der Waals surface area contributed by atoms with E-state index >= 15 is 0 Å². The van der Waals surface area contributed by atoms with Gasteiger partial charge in [0, 0.05) is 21.3 Å². The lowest BCUT2D eigenvalue weighted by Gasteiger charge is -2.15. The summed E-state index contributed by atoms with van der Waals surface area (Å²) in [6.45, 7) is 5.04. The van der Waals surface area contributed by atoms with Gasteiger partial charge in [0.2, 0.25) is 0 Å². The average Bonchev–Trinajstić information content (AvgIpc) is 2.70. The lowest BCUT2D eigenvalue weighted by atomic mass is 10.1. The van der Waals surface area contributed by atoms with Crippen molar-refractivity contribution in [3.63, 3.8) is 0 Å². The zero-order valence-corrected chi connectivity index (χ0v) is 12.6. The Balaban J connectivity index is 2.46. The molecule has 1 heterocycles. The molecule has 0 aliphatic heterocycles. The summed E-state index contributed by atoms with van der Waals surface area (Å²) in [4.78, 5) is 12.9. The maximum absolute atomic E-state index is 11.7. The molecule has 1 N–H and O–H groups in total. The molecule has 1 rings (SSSR count). The molecule has 1 aromatic rings. The first-order valence-electron chi connectivity index (χ1n) is 5.80. The summed E-state index contributed by atoms with van der Waals surface area (Å²) in [5.41, 5.74) is 0. The smallest absolute Gasteiger partial charge is 0.323 e. The lowest BCUT2D eigenvalue weighted by molar-refractivity contribution is -0.145. The van der Waals surface area contributed by atoms with E-state index in [2.05, 4.69) is 34.2 Å². The van der Waals surface area contributed by atoms with Crippen molar-refractivity contribution in [2.45, 2.75) is 39.3 Å². The van der Waals surface area contributed by atoms with Crippen LogP contribution in [0.2, 0.25) is 0 Å². The Hall–Kier alpha value is -0.390. The molecule has 1 aromatic heterocycles. The summed E-state index contributed by atoms with van der Waals surface area (Å²) in [6, 6.07) is 1.87. The third-order valence-corrected chi connectivity index (χ3v) is 3.99. The highest BCUT2D eigenvalue weighted by molar-refractivity contribution is 9.10. The second kappa shape index (κ2) is 7.84. The van der Waals surface area contributed by atoms with Gasteiger partial charge in [0.25, 0.3) is 0 Å². The molecule has 0 fully saturated rings. The predicted molar refractivity (Wildman–Crippen MR) is 74.2 cm³/mol. The number of halogens is 1. The lowest BCUT2D eigenvalue weighted by Crippen LogP contribution is -2.37. The Labute approximate surface area is 115 Å². The number of thiophene rings is 1. The first-order valence-corrected chi connectivity index (χ1v) is 7.47. The van der Waals surface area contributed by atoms with Gasteiger partial charge < -0.3 is 4.74 Å². The van der Waals surface area contributed by atoms with Gasteiger partial charge in [-0.25, -0.2) is 0 Å². The van der Waals surface area contributed by atoms with Gasteiger partial charge in [-0.2, -0.15) is 0 Å². The Morgan fingerprint density at radius 1 is 1.59 bits per heavy atom. The fourth-order valence-electron chi connectivity index (χ4n) is 1.51. The SMILES string of the molecule is CCCC(NCc1cc(Br)cs1)C(=O)OCC. The molecule has 0 spiro atoms. The zero-order chi connectivity index (χ0) is 12.7. The van der Waals surface area contributed by atoms with Gasteiger partial charge in [-0.05, 0) is 35.3 Å². The molecule has 0 saturated carbocycles. The molecule has 96 valence electrons. The van der Waals surface area contributed by atoms with Crippen LogP contribution in [-0.4, -0.2) is 18.6 Å². The van der Waals surface area contributed by atoms with E-state index in [1.165, 1.54) is 4.88 Å². The summed E-state index contributed by atoms with van der Waals surface area (Å²) in [5, 5.41) is 5.29. The summed E-state index contributed by atoms with van der Waals surface area (Å²) in [6.07, 6.45) is 1.77. The Kier molecular flexibility index (Phi) is 6.77. The van der Waals surface area contributed by atoms with E-state index in [-0.39, 0.29) is 12.0 Å². The van der Waals surface area contributed by atoms with Crippen molar-refractivity contribution in [2.75, 3.05) is 6.61 Å². The highest BCUT2D eigenvalue weighted by atomic mass is 79.9. The number of hydrogen-bond donors (Lipinski definition) is 1. The monoisotopic (exact) mass is 319 g/mol. The number of carbonyl (C=O) groups excluding carboxylic acids is 1. The van der Waals surface area contributed by atoms with E-state index in [1.807, 2.05) is 12.3 Å². The minimum Gasteiger partial charge on any atom is -0.465 e. The van der Waals surface area contributed by atoms with Crippen LogP contribution in [-0.2, 0) is 16.1 Å². The van der Waals surface area contributed by atoms with Crippen molar-refractivity contribution in [3.8, 4) is 0 Å². The van der Waals surface area contributed by atoms with Gasteiger partial charge in [-0.15, -0.1) is 11.3 Å². The maximum Gasteiger partial charge on any atom is 0.323 e. The topological polar surface area (TPSA) is 38.3 Å². The second-order valence-corrected chi connectivity index (χ2v) is 5.62. The van der Waals surface area contributed by atoms with Gasteiger partial charge in [-0.1, -0.05) is 13.3 Å². The van der Waals surface area contributed by atoms with Gasteiger partial charge in [0.15, 0.2) is 0 Å². The first kappa shape index (κ1) is 14.7. The van der Waals surface area contributed by atoms with Crippen LogP contribution in [0.5, 0.6) is 0 Å². The van der Waals surface area contributed by atoms with Gasteiger partial charge in [0.1, 0.15) is 6.04 Å². The van der Waals surface area contributed by atoms with Gasteiger partial charge in [-0.3, -0.25) is 10.1 Å². The van der Waals surface area contributed by atoms with Crippen LogP contribution in [0.3, 0.4) is 0 Å². The molecule has 1 unspecified atom stereocenters. The van der Waals surface area contributed by atoms with Crippen LogP contribution in [0.1, 0.15) is 31.6 Å². The molecule has 17 heavy (non-hydrogen) atoms. The zero-order valence-electron chi connectivity index (χ0n) is 10.2. The molecule has 0 saturated heterocycles. The molecule has 0 amide bonds. The largest absolute Gasteiger partial charge is 0.465 e. The molecular formula is C12H18BrNO2S. The van der Waals surface area contributed by atoms with Crippen LogP contribution in [0, 0.1) is 0 Å². The van der Waals surface area contributed by atoms with E-state index in [0.717, 1.165) is 17.3 Å². The molecule has 0 bridgehead atoms. The van der Waals surface area contributed by atoms with E-state index in [1.54, 1.807) is 11.3 Å². The number of hydrogen-bond acceptors (Lipinski definition) is 4. The molecule has 0 aliphatic rings. The van der Waals surface area contributed by atoms with Crippen LogP contribution in [0.15, 0.2) is 15.9 Å². The van der Waals surface area contributed by atoms with Crippen LogP contribution < -0.4 is 5.32 Å². The third kappa shape index (κ3) is 5.19. The standard InChI is InChI=1S/C12H18BrNO2S/c1-3-5-11(12(15)16-4-2)14-7-10-6-9(13)8-17-10/h6,8,11,14H,3-5,7H2,1-2H3. The highest BCUT2D eigenvalue weighted by Gasteiger charge is 2.18. The summed E-state index contributed by atoms with van der Waals surface area (Å²) < 4.78 is 6.13. The van der Waals surface area contributed by atoms with Crippen molar-refractivity contribution in [3.05, 3.63) is 20.8 Å². The van der Waals surface area contributed by atoms with E-state index in [9.17, 15) is 4.79 Å². The maximum atomic E-state index is 11.7. The molecule has 0 aromatic carbocycles. The van der Waals surface area contributed by atoms with Crippen molar-refractivity contribution in [2.24, 2.45) is 0 Å². The molecule has 0 aliphatic carbocycles. The van der Waals surface area contributed by atoms with Crippen molar-refractivity contribution in [1.82, 2.24) is 5.32 Å². The van der Waals surface area contributed by atoms with Crippen molar-refractivity contribution < 1.29 is 9.53 Å². The van der Waals surface area contributed by atoms with E-state index < -0.39 is 0 Å². The number of rotatable bonds is 7. The number of nitrogens with one attached hydrogen (secondary N) is 1. The summed E-state index contributed by atoms with van der Waals surface area (Å²) in [5.74, 6) is -0.148. The van der Waals surface area contributed by atoms with Crippen LogP contribution >= 0.6 is 27.3 Å². The average molecular weight is 320 g/mol. The molecular weight excluding hydrogens is 302 g/mol. The van der Waals surface area contributed by atoms with E-state index in [4.69, 9.17) is 4.74 Å². The van der Waals surface area contributed by atoms with Gasteiger partial charge in [0.05, 0.1) is 6.61 Å². The molecule has 0 radical (unpaired) electrons. The molecule has 3 nitrogen and oxygen atoms in total. The predicted octanol–water partition coefficient (Wildman–Crippen LogP) is 3.33. The Morgan fingerprint density at radius 3 is 2.88 bits per heavy atom. The number of ether oxygens (including phenoxy) is 1. The van der Waals surface area contributed by atoms with Crippen molar-refractivity contribution in [1.29, 1.82) is 0 Å². The third-order valence-electron chi connectivity index (χ3n) is 2.29. The van der Waals surface area contributed by atoms with E-state index in [0.29, 0.717) is 13.2 Å². The highest BCUT2D eigenvalue weighted by Crippen LogP contribution is 2.19. The fourth-order valence-corrected chi connectivity index (χ4v) is 2.91. The fraction of sp³-hybridized carbons (Fsp3) is 0.583. The number of carbonyl (C=O) groups is 1. The van der Waals surface area contributed by atoms with Crippen molar-refractivity contribution >= 4 is 33.2 Å². The first-order chi connectivity index (χ1) is 8.17. The Bertz CT molecular complexity index is 354. The second-order valence-electron chi connectivity index (χ2n) is 3.71. The van der Waals surface area contributed by atoms with Crippen LogP contribution in [0.25, 0.3) is 0 Å². The minimum absolute atomic E-state index is 0.148. The number of esters is 1.